The van der Waals surface area contributed by atoms with E-state index in [4.69, 9.17) is 5.73 Å². The predicted molar refractivity (Wildman–Crippen MR) is 92.5 cm³/mol. The molecule has 0 aliphatic rings. The first kappa shape index (κ1) is 16.0. The van der Waals surface area contributed by atoms with Crippen molar-refractivity contribution in [2.45, 2.75) is 32.4 Å². The Morgan fingerprint density at radius 2 is 2.10 bits per heavy atom. The Balaban J connectivity index is 2.09. The average Bonchev–Trinajstić information content (AvgIpc) is 2.48. The molecule has 3 nitrogen and oxygen atoms in total. The topological polar surface area (TPSA) is 42.1 Å². The minimum absolute atomic E-state index is 0.232. The lowest BCUT2D eigenvalue weighted by molar-refractivity contribution is 0.646. The molecule has 0 saturated heterocycles. The van der Waals surface area contributed by atoms with Crippen LogP contribution >= 0.6 is 15.9 Å². The summed E-state index contributed by atoms with van der Waals surface area (Å²) in [4.78, 5) is 6.37. The highest BCUT2D eigenvalue weighted by Gasteiger charge is 2.09. The third kappa shape index (κ3) is 4.55. The second-order valence-electron chi connectivity index (χ2n) is 5.38. The fourth-order valence-corrected chi connectivity index (χ4v) is 3.01. The number of hydrogen-bond acceptors (Lipinski definition) is 3. The third-order valence-electron chi connectivity index (χ3n) is 3.59. The highest BCUT2D eigenvalue weighted by atomic mass is 79.9. The molecule has 21 heavy (non-hydrogen) atoms. The lowest BCUT2D eigenvalue weighted by Gasteiger charge is -2.21. The molecule has 2 aromatic rings. The summed E-state index contributed by atoms with van der Waals surface area (Å²) in [6, 6.07) is 10.8. The number of anilines is 1. The van der Waals surface area contributed by atoms with Gasteiger partial charge in [0.2, 0.25) is 0 Å². The van der Waals surface area contributed by atoms with Gasteiger partial charge in [-0.25, -0.2) is 0 Å². The number of aromatic nitrogens is 1. The van der Waals surface area contributed by atoms with Gasteiger partial charge in [-0.2, -0.15) is 0 Å². The molecule has 2 N–H and O–H groups in total. The molecular formula is C17H22BrN3. The molecule has 112 valence electrons. The molecule has 1 atom stereocenters. The Bertz CT molecular complexity index is 572. The summed E-state index contributed by atoms with van der Waals surface area (Å²) in [5.74, 6) is 0. The van der Waals surface area contributed by atoms with Crippen molar-refractivity contribution >= 4 is 21.6 Å². The van der Waals surface area contributed by atoms with Crippen LogP contribution in [0, 0.1) is 0 Å². The number of rotatable bonds is 6. The van der Waals surface area contributed by atoms with Gasteiger partial charge in [-0.15, -0.1) is 0 Å². The van der Waals surface area contributed by atoms with Crippen LogP contribution in [-0.2, 0) is 13.0 Å². The fourth-order valence-electron chi connectivity index (χ4n) is 2.28. The summed E-state index contributed by atoms with van der Waals surface area (Å²) in [6.07, 6.45) is 5.62. The largest absolute Gasteiger partial charge is 0.369 e. The van der Waals surface area contributed by atoms with Gasteiger partial charge in [-0.05, 0) is 58.1 Å². The zero-order chi connectivity index (χ0) is 15.2. The second-order valence-corrected chi connectivity index (χ2v) is 6.23. The van der Waals surface area contributed by atoms with Crippen molar-refractivity contribution in [1.29, 1.82) is 0 Å². The van der Waals surface area contributed by atoms with E-state index < -0.39 is 0 Å². The number of benzene rings is 1. The molecule has 0 amide bonds. The summed E-state index contributed by atoms with van der Waals surface area (Å²) in [6.45, 7) is 2.95. The summed E-state index contributed by atoms with van der Waals surface area (Å²) < 4.78 is 1.11. The Labute approximate surface area is 135 Å². The molecule has 1 heterocycles. The van der Waals surface area contributed by atoms with Gasteiger partial charge in [0.05, 0.1) is 5.69 Å². The quantitative estimate of drug-likeness (QED) is 0.864. The average molecular weight is 348 g/mol. The van der Waals surface area contributed by atoms with Crippen molar-refractivity contribution in [2.24, 2.45) is 5.73 Å². The van der Waals surface area contributed by atoms with Crippen molar-refractivity contribution in [2.75, 3.05) is 11.9 Å². The number of halogens is 1. The van der Waals surface area contributed by atoms with Crippen LogP contribution in [0.2, 0.25) is 0 Å². The molecule has 2 rings (SSSR count). The van der Waals surface area contributed by atoms with Crippen LogP contribution in [-0.4, -0.2) is 18.1 Å². The Morgan fingerprint density at radius 3 is 2.71 bits per heavy atom. The predicted octanol–water partition coefficient (Wildman–Crippen LogP) is 3.76. The third-order valence-corrected chi connectivity index (χ3v) is 4.22. The van der Waals surface area contributed by atoms with E-state index in [-0.39, 0.29) is 6.04 Å². The van der Waals surface area contributed by atoms with Gasteiger partial charge in [0.25, 0.3) is 0 Å². The maximum atomic E-state index is 6.02. The van der Waals surface area contributed by atoms with Crippen molar-refractivity contribution in [3.8, 4) is 0 Å². The van der Waals surface area contributed by atoms with Crippen LogP contribution in [0.4, 0.5) is 5.69 Å². The first-order chi connectivity index (χ1) is 10.1. The van der Waals surface area contributed by atoms with E-state index >= 15 is 0 Å². The van der Waals surface area contributed by atoms with Crippen molar-refractivity contribution < 1.29 is 0 Å². The maximum absolute atomic E-state index is 6.02. The van der Waals surface area contributed by atoms with Crippen LogP contribution in [0.1, 0.15) is 24.5 Å². The van der Waals surface area contributed by atoms with E-state index in [0.29, 0.717) is 0 Å². The summed E-state index contributed by atoms with van der Waals surface area (Å²) in [5, 5.41) is 0. The molecular weight excluding hydrogens is 326 g/mol. The van der Waals surface area contributed by atoms with Gasteiger partial charge < -0.3 is 10.6 Å². The van der Waals surface area contributed by atoms with Gasteiger partial charge in [-0.3, -0.25) is 4.98 Å². The highest BCUT2D eigenvalue weighted by molar-refractivity contribution is 9.10. The molecule has 0 radical (unpaired) electrons. The van der Waals surface area contributed by atoms with Gasteiger partial charge in [0, 0.05) is 36.5 Å². The summed E-state index contributed by atoms with van der Waals surface area (Å²) >= 11 is 3.67. The molecule has 1 unspecified atom stereocenters. The van der Waals surface area contributed by atoms with Crippen LogP contribution < -0.4 is 10.6 Å². The minimum Gasteiger partial charge on any atom is -0.369 e. The Hall–Kier alpha value is -1.39. The lowest BCUT2D eigenvalue weighted by atomic mass is 10.0. The van der Waals surface area contributed by atoms with Crippen molar-refractivity contribution in [3.63, 3.8) is 0 Å². The fraction of sp³-hybridized carbons (Fsp3) is 0.353. The SMILES string of the molecule is CCC(N)Cc1ccc(N(C)Cc2cccnc2)c(Br)c1. The lowest BCUT2D eigenvalue weighted by Crippen LogP contribution is -2.21. The molecule has 4 heteroatoms. The molecule has 0 aliphatic carbocycles. The minimum atomic E-state index is 0.232. The maximum Gasteiger partial charge on any atom is 0.0511 e. The van der Waals surface area contributed by atoms with E-state index in [0.717, 1.165) is 23.9 Å². The van der Waals surface area contributed by atoms with E-state index in [1.54, 1.807) is 6.20 Å². The van der Waals surface area contributed by atoms with Crippen LogP contribution in [0.25, 0.3) is 0 Å². The molecule has 0 spiro atoms. The van der Waals surface area contributed by atoms with Crippen molar-refractivity contribution in [1.82, 2.24) is 4.98 Å². The summed E-state index contributed by atoms with van der Waals surface area (Å²) in [7, 11) is 2.09. The van der Waals surface area contributed by atoms with Gasteiger partial charge in [-0.1, -0.05) is 19.1 Å². The molecule has 1 aromatic heterocycles. The zero-order valence-electron chi connectivity index (χ0n) is 12.6. The van der Waals surface area contributed by atoms with Crippen LogP contribution in [0.15, 0.2) is 47.2 Å². The monoisotopic (exact) mass is 347 g/mol. The highest BCUT2D eigenvalue weighted by Crippen LogP contribution is 2.28. The second kappa shape index (κ2) is 7.57. The number of pyridine rings is 1. The van der Waals surface area contributed by atoms with Crippen LogP contribution in [0.3, 0.4) is 0 Å². The standard InChI is InChI=1S/C17H22BrN3/c1-3-15(19)9-13-6-7-17(16(18)10-13)21(2)12-14-5-4-8-20-11-14/h4-8,10-11,15H,3,9,12,19H2,1-2H3. The molecule has 0 bridgehead atoms. The van der Waals surface area contributed by atoms with Crippen LogP contribution in [0.5, 0.6) is 0 Å². The first-order valence-corrected chi connectivity index (χ1v) is 8.03. The molecule has 1 aromatic carbocycles. The van der Waals surface area contributed by atoms with Gasteiger partial charge in [0.15, 0.2) is 0 Å². The number of hydrogen-bond donors (Lipinski definition) is 1. The Kier molecular flexibility index (Phi) is 5.76. The Morgan fingerprint density at radius 1 is 1.29 bits per heavy atom. The van der Waals surface area contributed by atoms with Crippen molar-refractivity contribution in [3.05, 3.63) is 58.3 Å². The van der Waals surface area contributed by atoms with E-state index in [9.17, 15) is 0 Å². The number of nitrogens with two attached hydrogens (primary N) is 1. The molecule has 0 aliphatic heterocycles. The molecule has 0 fully saturated rings. The first-order valence-electron chi connectivity index (χ1n) is 7.24. The zero-order valence-corrected chi connectivity index (χ0v) is 14.2. The smallest absolute Gasteiger partial charge is 0.0511 e. The summed E-state index contributed by atoms with van der Waals surface area (Å²) in [5.41, 5.74) is 9.67. The van der Waals surface area contributed by atoms with E-state index in [1.165, 1.54) is 16.8 Å². The van der Waals surface area contributed by atoms with E-state index in [2.05, 4.69) is 64.1 Å². The van der Waals surface area contributed by atoms with Gasteiger partial charge in [0.1, 0.15) is 0 Å². The van der Waals surface area contributed by atoms with Gasteiger partial charge >= 0.3 is 0 Å². The molecule has 0 saturated carbocycles. The number of nitrogens with zero attached hydrogens (tertiary/aromatic N) is 2. The normalized spacial score (nSPS) is 12.2. The van der Waals surface area contributed by atoms with E-state index in [1.807, 2.05) is 12.3 Å².